The molecule has 0 aromatic carbocycles. The van der Waals surface area contributed by atoms with Crippen LogP contribution in [0.1, 0.15) is 36.3 Å². The lowest BCUT2D eigenvalue weighted by Gasteiger charge is -2.36. The van der Waals surface area contributed by atoms with Crippen LogP contribution in [0.25, 0.3) is 0 Å². The molecule has 5 nitrogen and oxygen atoms in total. The van der Waals surface area contributed by atoms with Gasteiger partial charge in [-0.2, -0.15) is 0 Å². The third-order valence-electron chi connectivity index (χ3n) is 4.79. The number of carbonyl (C=O) groups is 1. The normalized spacial score (nSPS) is 23.6. The van der Waals surface area contributed by atoms with Gasteiger partial charge >= 0.3 is 0 Å². The molecule has 6 heteroatoms. The summed E-state index contributed by atoms with van der Waals surface area (Å²) in [5.41, 5.74) is 1.34. The lowest BCUT2D eigenvalue weighted by molar-refractivity contribution is -0.136. The molecule has 2 aliphatic rings. The molecule has 2 unspecified atom stereocenters. The van der Waals surface area contributed by atoms with E-state index in [0.29, 0.717) is 19.6 Å². The Hall–Kier alpha value is -0.950. The van der Waals surface area contributed by atoms with E-state index in [1.54, 1.807) is 11.3 Å². The van der Waals surface area contributed by atoms with Gasteiger partial charge in [0.1, 0.15) is 6.10 Å². The largest absolute Gasteiger partial charge is 0.392 e. The van der Waals surface area contributed by atoms with Gasteiger partial charge in [-0.15, -0.1) is 11.3 Å². The highest BCUT2D eigenvalue weighted by molar-refractivity contribution is 7.10. The predicted molar refractivity (Wildman–Crippen MR) is 90.7 cm³/mol. The van der Waals surface area contributed by atoms with E-state index in [2.05, 4.69) is 16.3 Å². The minimum atomic E-state index is -0.259. The molecule has 0 aliphatic carbocycles. The molecule has 0 radical (unpaired) electrons. The Morgan fingerprint density at radius 2 is 2.22 bits per heavy atom. The third-order valence-corrected chi connectivity index (χ3v) is 5.84. The first-order valence-electron chi connectivity index (χ1n) is 8.53. The van der Waals surface area contributed by atoms with Gasteiger partial charge in [0.2, 0.25) is 5.91 Å². The van der Waals surface area contributed by atoms with Gasteiger partial charge in [-0.25, -0.2) is 0 Å². The van der Waals surface area contributed by atoms with Crippen LogP contribution in [0.3, 0.4) is 0 Å². The fraction of sp³-hybridized carbons (Fsp3) is 0.706. The third kappa shape index (κ3) is 4.12. The van der Waals surface area contributed by atoms with Crippen molar-refractivity contribution in [1.82, 2.24) is 9.80 Å². The predicted octanol–water partition coefficient (Wildman–Crippen LogP) is 1.67. The zero-order chi connectivity index (χ0) is 16.2. The summed E-state index contributed by atoms with van der Waals surface area (Å²) in [4.78, 5) is 18.0. The number of carbonyl (C=O) groups excluding carboxylic acids is 1. The van der Waals surface area contributed by atoms with Crippen molar-refractivity contribution in [2.75, 3.05) is 39.3 Å². The van der Waals surface area contributed by atoms with E-state index in [1.807, 2.05) is 11.8 Å². The van der Waals surface area contributed by atoms with E-state index >= 15 is 0 Å². The second-order valence-corrected chi connectivity index (χ2v) is 7.31. The van der Waals surface area contributed by atoms with E-state index in [1.165, 1.54) is 10.4 Å². The molecule has 1 fully saturated rings. The summed E-state index contributed by atoms with van der Waals surface area (Å²) in [6.07, 6.45) is 1.87. The first-order valence-corrected chi connectivity index (χ1v) is 9.41. The van der Waals surface area contributed by atoms with Crippen molar-refractivity contribution in [1.29, 1.82) is 0 Å². The number of β-amino-alcohol motifs (C(OH)–C–C–N with tert-alkyl or cyclic N) is 1. The van der Waals surface area contributed by atoms with Crippen LogP contribution in [0, 0.1) is 0 Å². The molecule has 128 valence electrons. The second-order valence-electron chi connectivity index (χ2n) is 6.37. The van der Waals surface area contributed by atoms with Crippen molar-refractivity contribution in [3.8, 4) is 0 Å². The molecule has 1 N–H and O–H groups in total. The highest BCUT2D eigenvalue weighted by Crippen LogP contribution is 2.34. The first kappa shape index (κ1) is 16.9. The number of thiophene rings is 1. The van der Waals surface area contributed by atoms with Crippen LogP contribution in [0.5, 0.6) is 0 Å². The number of fused-ring (bicyclic) bond motifs is 1. The van der Waals surface area contributed by atoms with Crippen molar-refractivity contribution in [3.05, 3.63) is 21.9 Å². The number of nitrogens with zero attached hydrogens (tertiary/aromatic N) is 2. The highest BCUT2D eigenvalue weighted by atomic mass is 32.1. The van der Waals surface area contributed by atoms with Crippen molar-refractivity contribution in [3.63, 3.8) is 0 Å². The van der Waals surface area contributed by atoms with E-state index < -0.39 is 0 Å². The molecule has 1 aromatic rings. The van der Waals surface area contributed by atoms with Crippen LogP contribution in [0.2, 0.25) is 0 Å². The molecule has 0 saturated carbocycles. The summed E-state index contributed by atoms with van der Waals surface area (Å²) in [6.45, 7) is 6.61. The van der Waals surface area contributed by atoms with Crippen LogP contribution in [-0.4, -0.2) is 66.2 Å². The number of aliphatic hydroxyl groups is 1. The zero-order valence-electron chi connectivity index (χ0n) is 13.7. The Kier molecular flexibility index (Phi) is 5.69. The molecule has 3 rings (SSSR count). The van der Waals surface area contributed by atoms with Crippen molar-refractivity contribution in [2.45, 2.75) is 38.4 Å². The fourth-order valence-corrected chi connectivity index (χ4v) is 4.27. The van der Waals surface area contributed by atoms with Gasteiger partial charge in [-0.1, -0.05) is 6.92 Å². The lowest BCUT2D eigenvalue weighted by Crippen LogP contribution is -2.50. The highest BCUT2D eigenvalue weighted by Gasteiger charge is 2.28. The molecule has 0 spiro atoms. The van der Waals surface area contributed by atoms with Crippen LogP contribution < -0.4 is 0 Å². The number of aliphatic hydroxyl groups excluding tert-OH is 1. The summed E-state index contributed by atoms with van der Waals surface area (Å²) < 4.78 is 5.83. The van der Waals surface area contributed by atoms with E-state index in [0.717, 1.165) is 39.0 Å². The molecule has 1 aromatic heterocycles. The quantitative estimate of drug-likeness (QED) is 0.887. The number of amides is 1. The average molecular weight is 338 g/mol. The summed E-state index contributed by atoms with van der Waals surface area (Å²) in [7, 11) is 0. The Labute approximate surface area is 141 Å². The Bertz CT molecular complexity index is 526. The fourth-order valence-electron chi connectivity index (χ4n) is 3.27. The molecule has 2 atom stereocenters. The zero-order valence-corrected chi connectivity index (χ0v) is 14.6. The standard InChI is InChI=1S/C17H26N2O3S/c1-2-14(20)12-18-5-7-19(8-6-18)16(21)11-15-17-13(3-9-22-15)4-10-23-17/h4,10,14-15,20H,2-3,5-9,11-12H2,1H3. The Morgan fingerprint density at radius 3 is 2.96 bits per heavy atom. The Morgan fingerprint density at radius 1 is 1.43 bits per heavy atom. The number of piperazine rings is 1. The smallest absolute Gasteiger partial charge is 0.225 e. The summed E-state index contributed by atoms with van der Waals surface area (Å²) in [5, 5.41) is 11.8. The molecular formula is C17H26N2O3S. The van der Waals surface area contributed by atoms with Crippen LogP contribution in [-0.2, 0) is 16.0 Å². The summed E-state index contributed by atoms with van der Waals surface area (Å²) >= 11 is 1.70. The molecule has 1 amide bonds. The van der Waals surface area contributed by atoms with Gasteiger partial charge in [0.05, 0.1) is 19.1 Å². The van der Waals surface area contributed by atoms with E-state index in [-0.39, 0.29) is 18.1 Å². The average Bonchev–Trinajstić information content (AvgIpc) is 3.05. The van der Waals surface area contributed by atoms with Crippen molar-refractivity contribution in [2.24, 2.45) is 0 Å². The molecule has 3 heterocycles. The maximum atomic E-state index is 12.6. The number of hydrogen-bond donors (Lipinski definition) is 1. The van der Waals surface area contributed by atoms with Gasteiger partial charge in [-0.05, 0) is 29.9 Å². The van der Waals surface area contributed by atoms with Gasteiger partial charge in [0, 0.05) is 37.6 Å². The minimum Gasteiger partial charge on any atom is -0.392 e. The second kappa shape index (κ2) is 7.75. The van der Waals surface area contributed by atoms with Crippen LogP contribution in [0.15, 0.2) is 11.4 Å². The number of hydrogen-bond acceptors (Lipinski definition) is 5. The van der Waals surface area contributed by atoms with Gasteiger partial charge in [0.25, 0.3) is 0 Å². The lowest BCUT2D eigenvalue weighted by atomic mass is 10.0. The molecule has 23 heavy (non-hydrogen) atoms. The van der Waals surface area contributed by atoms with Gasteiger partial charge in [0.15, 0.2) is 0 Å². The molecule has 2 aliphatic heterocycles. The van der Waals surface area contributed by atoms with Crippen molar-refractivity contribution < 1.29 is 14.6 Å². The van der Waals surface area contributed by atoms with E-state index in [4.69, 9.17) is 4.74 Å². The van der Waals surface area contributed by atoms with Gasteiger partial charge in [-0.3, -0.25) is 9.69 Å². The van der Waals surface area contributed by atoms with Crippen LogP contribution >= 0.6 is 11.3 Å². The maximum Gasteiger partial charge on any atom is 0.225 e. The van der Waals surface area contributed by atoms with Crippen molar-refractivity contribution >= 4 is 17.2 Å². The first-order chi connectivity index (χ1) is 11.2. The summed E-state index contributed by atoms with van der Waals surface area (Å²) in [6, 6.07) is 2.15. The minimum absolute atomic E-state index is 0.0637. The number of rotatable bonds is 5. The monoisotopic (exact) mass is 338 g/mol. The maximum absolute atomic E-state index is 12.6. The number of ether oxygens (including phenoxy) is 1. The van der Waals surface area contributed by atoms with Crippen LogP contribution in [0.4, 0.5) is 0 Å². The molecular weight excluding hydrogens is 312 g/mol. The molecule has 1 saturated heterocycles. The summed E-state index contributed by atoms with van der Waals surface area (Å²) in [5.74, 6) is 0.187. The SMILES string of the molecule is CCC(O)CN1CCN(C(=O)CC2OCCc3ccsc32)CC1. The topological polar surface area (TPSA) is 53.0 Å². The Balaban J connectivity index is 1.49. The van der Waals surface area contributed by atoms with Gasteiger partial charge < -0.3 is 14.7 Å². The molecule has 0 bridgehead atoms. The van der Waals surface area contributed by atoms with E-state index in [9.17, 15) is 9.90 Å².